The van der Waals surface area contributed by atoms with Crippen molar-refractivity contribution >= 4 is 11.6 Å². The SMILES string of the molecule is CNCC1CCCN1Cc1coc(-c2cccc(Cl)c2)n1. The van der Waals surface area contributed by atoms with Gasteiger partial charge in [-0.25, -0.2) is 4.98 Å². The molecule has 1 N–H and O–H groups in total. The Morgan fingerprint density at radius 1 is 1.48 bits per heavy atom. The van der Waals surface area contributed by atoms with Gasteiger partial charge < -0.3 is 9.73 Å². The molecule has 1 fully saturated rings. The first kappa shape index (κ1) is 14.6. The summed E-state index contributed by atoms with van der Waals surface area (Å²) < 4.78 is 5.60. The highest BCUT2D eigenvalue weighted by molar-refractivity contribution is 6.30. The lowest BCUT2D eigenvalue weighted by Crippen LogP contribution is -2.36. The number of benzene rings is 1. The Kier molecular flexibility index (Phi) is 4.58. The lowest BCUT2D eigenvalue weighted by molar-refractivity contribution is 0.239. The Bertz CT molecular complexity index is 599. The summed E-state index contributed by atoms with van der Waals surface area (Å²) in [6, 6.07) is 8.19. The molecule has 0 radical (unpaired) electrons. The fourth-order valence-electron chi connectivity index (χ4n) is 2.91. The van der Waals surface area contributed by atoms with E-state index in [0.717, 1.165) is 30.9 Å². The van der Waals surface area contributed by atoms with Gasteiger partial charge in [0.25, 0.3) is 0 Å². The van der Waals surface area contributed by atoms with E-state index in [1.807, 2.05) is 31.3 Å². The maximum atomic E-state index is 6.01. The zero-order valence-electron chi connectivity index (χ0n) is 12.2. The third kappa shape index (κ3) is 3.46. The van der Waals surface area contributed by atoms with Crippen LogP contribution in [-0.4, -0.2) is 36.1 Å². The molecule has 5 heteroatoms. The Hall–Kier alpha value is -1.36. The van der Waals surface area contributed by atoms with Crippen LogP contribution < -0.4 is 5.32 Å². The van der Waals surface area contributed by atoms with Crippen LogP contribution in [0.4, 0.5) is 0 Å². The fraction of sp³-hybridized carbons (Fsp3) is 0.438. The Labute approximate surface area is 130 Å². The van der Waals surface area contributed by atoms with E-state index in [0.29, 0.717) is 17.0 Å². The minimum absolute atomic E-state index is 0.598. The first-order valence-corrected chi connectivity index (χ1v) is 7.73. The molecule has 4 nitrogen and oxygen atoms in total. The van der Waals surface area contributed by atoms with Gasteiger partial charge in [-0.15, -0.1) is 0 Å². The summed E-state index contributed by atoms with van der Waals surface area (Å²) in [5.41, 5.74) is 1.90. The molecule has 1 aliphatic heterocycles. The smallest absolute Gasteiger partial charge is 0.226 e. The van der Waals surface area contributed by atoms with E-state index in [-0.39, 0.29) is 0 Å². The minimum atomic E-state index is 0.598. The highest BCUT2D eigenvalue weighted by Gasteiger charge is 2.24. The van der Waals surface area contributed by atoms with Crippen LogP contribution in [0.3, 0.4) is 0 Å². The predicted octanol–water partition coefficient (Wildman–Crippen LogP) is 3.18. The minimum Gasteiger partial charge on any atom is -0.444 e. The van der Waals surface area contributed by atoms with Crippen LogP contribution in [0.2, 0.25) is 5.02 Å². The molecule has 1 aromatic heterocycles. The van der Waals surface area contributed by atoms with E-state index in [2.05, 4.69) is 15.2 Å². The van der Waals surface area contributed by atoms with Crippen LogP contribution in [-0.2, 0) is 6.54 Å². The van der Waals surface area contributed by atoms with Crippen molar-refractivity contribution in [1.29, 1.82) is 0 Å². The van der Waals surface area contributed by atoms with E-state index < -0.39 is 0 Å². The molecule has 0 amide bonds. The van der Waals surface area contributed by atoms with Gasteiger partial charge in [0.1, 0.15) is 6.26 Å². The number of hydrogen-bond acceptors (Lipinski definition) is 4. The molecule has 1 unspecified atom stereocenters. The molecular weight excluding hydrogens is 286 g/mol. The number of halogens is 1. The summed E-state index contributed by atoms with van der Waals surface area (Å²) in [5, 5.41) is 3.96. The lowest BCUT2D eigenvalue weighted by Gasteiger charge is -2.22. The summed E-state index contributed by atoms with van der Waals surface area (Å²) in [4.78, 5) is 7.06. The van der Waals surface area contributed by atoms with Gasteiger partial charge >= 0.3 is 0 Å². The van der Waals surface area contributed by atoms with Crippen LogP contribution in [0, 0.1) is 0 Å². The van der Waals surface area contributed by atoms with E-state index in [1.54, 1.807) is 6.26 Å². The molecule has 2 heterocycles. The summed E-state index contributed by atoms with van der Waals surface area (Å²) in [6.07, 6.45) is 4.26. The molecule has 3 rings (SSSR count). The van der Waals surface area contributed by atoms with Crippen molar-refractivity contribution in [3.05, 3.63) is 41.2 Å². The molecule has 2 aromatic rings. The third-order valence-corrected chi connectivity index (χ3v) is 4.16. The number of likely N-dealkylation sites (N-methyl/N-ethyl adjacent to an activating group) is 1. The number of aromatic nitrogens is 1. The largest absolute Gasteiger partial charge is 0.444 e. The summed E-state index contributed by atoms with van der Waals surface area (Å²) in [7, 11) is 2.00. The van der Waals surface area contributed by atoms with E-state index in [1.165, 1.54) is 12.8 Å². The van der Waals surface area contributed by atoms with Gasteiger partial charge in [0.05, 0.1) is 5.69 Å². The van der Waals surface area contributed by atoms with Crippen LogP contribution in [0.25, 0.3) is 11.5 Å². The van der Waals surface area contributed by atoms with Crippen molar-refractivity contribution < 1.29 is 4.42 Å². The summed E-state index contributed by atoms with van der Waals surface area (Å²) in [6.45, 7) is 3.00. The second-order valence-electron chi connectivity index (χ2n) is 5.48. The number of rotatable bonds is 5. The standard InChI is InChI=1S/C16H20ClN3O/c1-18-9-15-6-3-7-20(15)10-14-11-21-16(19-14)12-4-2-5-13(17)8-12/h2,4-5,8,11,15,18H,3,6-7,9-10H2,1H3. The molecule has 21 heavy (non-hydrogen) atoms. The van der Waals surface area contributed by atoms with Crippen molar-refractivity contribution in [2.24, 2.45) is 0 Å². The van der Waals surface area contributed by atoms with Gasteiger partial charge in [-0.3, -0.25) is 4.90 Å². The molecule has 0 aliphatic carbocycles. The van der Waals surface area contributed by atoms with E-state index in [4.69, 9.17) is 16.0 Å². The molecule has 0 spiro atoms. The average Bonchev–Trinajstić information content (AvgIpc) is 3.10. The Morgan fingerprint density at radius 3 is 3.19 bits per heavy atom. The van der Waals surface area contributed by atoms with E-state index in [9.17, 15) is 0 Å². The van der Waals surface area contributed by atoms with Crippen LogP contribution in [0.15, 0.2) is 34.9 Å². The van der Waals surface area contributed by atoms with Gasteiger partial charge in [0.15, 0.2) is 0 Å². The zero-order valence-corrected chi connectivity index (χ0v) is 12.9. The molecule has 0 saturated carbocycles. The number of likely N-dealkylation sites (tertiary alicyclic amines) is 1. The molecule has 112 valence electrons. The number of oxazole rings is 1. The monoisotopic (exact) mass is 305 g/mol. The van der Waals surface area contributed by atoms with E-state index >= 15 is 0 Å². The normalized spacial score (nSPS) is 19.2. The van der Waals surface area contributed by atoms with Crippen molar-refractivity contribution in [2.45, 2.75) is 25.4 Å². The molecule has 1 aromatic carbocycles. The van der Waals surface area contributed by atoms with Gasteiger partial charge in [0.2, 0.25) is 5.89 Å². The first-order chi connectivity index (χ1) is 10.3. The zero-order chi connectivity index (χ0) is 14.7. The highest BCUT2D eigenvalue weighted by Crippen LogP contribution is 2.24. The molecule has 1 saturated heterocycles. The maximum absolute atomic E-state index is 6.01. The van der Waals surface area contributed by atoms with Gasteiger partial charge in [-0.1, -0.05) is 17.7 Å². The van der Waals surface area contributed by atoms with Crippen LogP contribution in [0.1, 0.15) is 18.5 Å². The third-order valence-electron chi connectivity index (χ3n) is 3.93. The summed E-state index contributed by atoms with van der Waals surface area (Å²) >= 11 is 6.01. The van der Waals surface area contributed by atoms with Crippen molar-refractivity contribution in [3.63, 3.8) is 0 Å². The topological polar surface area (TPSA) is 41.3 Å². The van der Waals surface area contributed by atoms with Crippen molar-refractivity contribution in [3.8, 4) is 11.5 Å². The molecular formula is C16H20ClN3O. The molecule has 1 aliphatic rings. The predicted molar refractivity (Wildman–Crippen MR) is 84.3 cm³/mol. The van der Waals surface area contributed by atoms with Crippen LogP contribution >= 0.6 is 11.6 Å². The average molecular weight is 306 g/mol. The molecule has 0 bridgehead atoms. The lowest BCUT2D eigenvalue weighted by atomic mass is 10.2. The fourth-order valence-corrected chi connectivity index (χ4v) is 3.10. The number of nitrogens with zero attached hydrogens (tertiary/aromatic N) is 2. The molecule has 1 atom stereocenters. The highest BCUT2D eigenvalue weighted by atomic mass is 35.5. The van der Waals surface area contributed by atoms with Gasteiger partial charge in [0, 0.05) is 29.7 Å². The first-order valence-electron chi connectivity index (χ1n) is 7.35. The van der Waals surface area contributed by atoms with Crippen LogP contribution in [0.5, 0.6) is 0 Å². The van der Waals surface area contributed by atoms with Crippen molar-refractivity contribution in [1.82, 2.24) is 15.2 Å². The second-order valence-corrected chi connectivity index (χ2v) is 5.91. The maximum Gasteiger partial charge on any atom is 0.226 e. The summed E-state index contributed by atoms with van der Waals surface area (Å²) in [5.74, 6) is 0.636. The van der Waals surface area contributed by atoms with Crippen molar-refractivity contribution in [2.75, 3.05) is 20.1 Å². The second kappa shape index (κ2) is 6.60. The Balaban J connectivity index is 1.70. The van der Waals surface area contributed by atoms with Gasteiger partial charge in [-0.2, -0.15) is 0 Å². The number of hydrogen-bond donors (Lipinski definition) is 1. The van der Waals surface area contributed by atoms with Gasteiger partial charge in [-0.05, 0) is 44.6 Å². The quantitative estimate of drug-likeness (QED) is 0.921. The number of nitrogens with one attached hydrogen (secondary N) is 1. The Morgan fingerprint density at radius 2 is 2.38 bits per heavy atom.